The Hall–Kier alpha value is -4.80. The number of hydrogen-bond acceptors (Lipinski definition) is 15. The van der Waals surface area contributed by atoms with Gasteiger partial charge in [-0.05, 0) is 135 Å². The number of phosphoric ester groups is 2. The topological polar surface area (TPSA) is 237 Å². The molecule has 19 heteroatoms. The fourth-order valence-electron chi connectivity index (χ4n) is 9.86. The van der Waals surface area contributed by atoms with Crippen LogP contribution in [0.15, 0.2) is 134 Å². The maximum absolute atomic E-state index is 13.1. The number of unbranched alkanes of at least 4 members (excludes halogenated alkanes) is 23. The van der Waals surface area contributed by atoms with Gasteiger partial charge >= 0.3 is 39.5 Å². The minimum atomic E-state index is -4.99. The molecular weight excluding hydrogens is 1310 g/mol. The summed E-state index contributed by atoms with van der Waals surface area (Å²) in [5.41, 5.74) is 0. The molecule has 0 aliphatic heterocycles. The van der Waals surface area contributed by atoms with Gasteiger partial charge in [0.15, 0.2) is 12.2 Å². The summed E-state index contributed by atoms with van der Waals surface area (Å²) < 4.78 is 68.4. The van der Waals surface area contributed by atoms with Crippen molar-refractivity contribution in [2.45, 2.75) is 316 Å². The molecule has 0 saturated heterocycles. The average molecular weight is 1440 g/mol. The van der Waals surface area contributed by atoms with Crippen molar-refractivity contribution in [1.82, 2.24) is 0 Å². The summed E-state index contributed by atoms with van der Waals surface area (Å²) in [6.45, 7) is 4.45. The Morgan fingerprint density at radius 2 is 0.520 bits per heavy atom. The number of esters is 4. The van der Waals surface area contributed by atoms with Gasteiger partial charge in [-0.25, -0.2) is 9.13 Å². The maximum Gasteiger partial charge on any atom is 0.472 e. The van der Waals surface area contributed by atoms with Crippen LogP contribution in [0.1, 0.15) is 297 Å². The van der Waals surface area contributed by atoms with Gasteiger partial charge in [0, 0.05) is 25.7 Å². The molecule has 0 radical (unpaired) electrons. The third-order valence-electron chi connectivity index (χ3n) is 15.6. The van der Waals surface area contributed by atoms with Gasteiger partial charge in [-0.2, -0.15) is 0 Å². The standard InChI is InChI=1S/C81H136O17P2/c1-5-9-13-17-21-25-29-32-35-37-40-42-46-49-53-57-61-65-78(83)91-71-76(97-80(85)67-63-59-55-51-45-28-24-20-16-12-8-4)73-95-99(87,88)93-69-75(82)70-94-100(89,90)96-74-77(98-81(86)68-64-60-56-52-48-44-39-34-31-27-23-19-15-11-7-3)72-92-79(84)66-62-58-54-50-47-43-41-38-36-33-30-26-22-18-14-10-6-2/h9-11,13-15,21-23,25-27,32-36,39-43,75-77,82H,5-8,12,16-20,24,28-31,37-38,44-74H2,1-4H3,(H,87,88)(H,89,90)/b13-9-,14-10-,15-11-,25-21-,26-22-,27-23-,35-32-,36-33-,39-34-,42-40-,43-41-. The van der Waals surface area contributed by atoms with Crippen LogP contribution in [0.5, 0.6) is 0 Å². The van der Waals surface area contributed by atoms with Crippen molar-refractivity contribution < 1.29 is 80.2 Å². The van der Waals surface area contributed by atoms with E-state index in [0.717, 1.165) is 180 Å². The minimum Gasteiger partial charge on any atom is -0.462 e. The number of aliphatic hydroxyl groups is 1. The first-order valence-corrected chi connectivity index (χ1v) is 41.4. The summed E-state index contributed by atoms with van der Waals surface area (Å²) in [7, 11) is -9.97. The van der Waals surface area contributed by atoms with Gasteiger partial charge in [-0.3, -0.25) is 37.3 Å². The molecule has 572 valence electrons. The quantitative estimate of drug-likeness (QED) is 0.0169. The first kappa shape index (κ1) is 95.2. The van der Waals surface area contributed by atoms with Crippen LogP contribution in [0.4, 0.5) is 0 Å². The summed E-state index contributed by atoms with van der Waals surface area (Å²) in [5.74, 6) is -2.25. The number of aliphatic hydroxyl groups excluding tert-OH is 1. The molecule has 3 N–H and O–H groups in total. The average Bonchev–Trinajstić information content (AvgIpc) is 1.02. The second kappa shape index (κ2) is 72.5. The normalized spacial score (nSPS) is 14.7. The maximum atomic E-state index is 13.1. The Labute approximate surface area is 605 Å². The van der Waals surface area contributed by atoms with Crippen molar-refractivity contribution in [3.63, 3.8) is 0 Å². The molecule has 0 aromatic rings. The van der Waals surface area contributed by atoms with E-state index in [1.807, 2.05) is 0 Å². The Morgan fingerprint density at radius 3 is 0.800 bits per heavy atom. The highest BCUT2D eigenvalue weighted by Gasteiger charge is 2.30. The molecule has 0 saturated carbocycles. The second-order valence-corrected chi connectivity index (χ2v) is 28.1. The number of rotatable bonds is 71. The van der Waals surface area contributed by atoms with E-state index in [4.69, 9.17) is 37.0 Å². The zero-order valence-electron chi connectivity index (χ0n) is 62.3. The lowest BCUT2D eigenvalue weighted by Gasteiger charge is -2.21. The van der Waals surface area contributed by atoms with Gasteiger partial charge in [-0.15, -0.1) is 0 Å². The highest BCUT2D eigenvalue weighted by atomic mass is 31.2. The van der Waals surface area contributed by atoms with Crippen LogP contribution < -0.4 is 0 Å². The van der Waals surface area contributed by atoms with Crippen molar-refractivity contribution in [3.8, 4) is 0 Å². The van der Waals surface area contributed by atoms with Crippen LogP contribution in [-0.4, -0.2) is 96.7 Å². The minimum absolute atomic E-state index is 0.0664. The molecule has 100 heavy (non-hydrogen) atoms. The monoisotopic (exact) mass is 1440 g/mol. The Balaban J connectivity index is 5.38. The van der Waals surface area contributed by atoms with E-state index in [1.165, 1.54) is 38.5 Å². The molecule has 0 heterocycles. The third-order valence-corrected chi connectivity index (χ3v) is 17.5. The molecule has 0 spiro atoms. The molecular formula is C81H136O17P2. The number of ether oxygens (including phenoxy) is 4. The largest absolute Gasteiger partial charge is 0.472 e. The number of phosphoric acid groups is 2. The van der Waals surface area contributed by atoms with E-state index >= 15 is 0 Å². The number of carbonyl (C=O) groups excluding carboxylic acids is 4. The van der Waals surface area contributed by atoms with Crippen LogP contribution >= 0.6 is 15.6 Å². The van der Waals surface area contributed by atoms with E-state index in [9.17, 15) is 43.2 Å². The molecule has 5 atom stereocenters. The Kier molecular flexibility index (Phi) is 69.1. The molecule has 5 unspecified atom stereocenters. The first-order valence-electron chi connectivity index (χ1n) is 38.4. The Bertz CT molecular complexity index is 2420. The van der Waals surface area contributed by atoms with Gasteiger partial charge in [-0.1, -0.05) is 271 Å². The van der Waals surface area contributed by atoms with Gasteiger partial charge in [0.2, 0.25) is 0 Å². The lowest BCUT2D eigenvalue weighted by atomic mass is 10.1. The summed E-state index contributed by atoms with van der Waals surface area (Å²) >= 11 is 0. The molecule has 0 fully saturated rings. The lowest BCUT2D eigenvalue weighted by molar-refractivity contribution is -0.161. The van der Waals surface area contributed by atoms with Crippen molar-refractivity contribution in [3.05, 3.63) is 134 Å². The van der Waals surface area contributed by atoms with Crippen LogP contribution in [-0.2, 0) is 65.4 Å². The molecule has 0 aromatic heterocycles. The van der Waals surface area contributed by atoms with Crippen LogP contribution in [0, 0.1) is 0 Å². The zero-order valence-corrected chi connectivity index (χ0v) is 64.1. The van der Waals surface area contributed by atoms with Crippen molar-refractivity contribution in [1.29, 1.82) is 0 Å². The van der Waals surface area contributed by atoms with E-state index in [1.54, 1.807) is 0 Å². The van der Waals surface area contributed by atoms with Crippen molar-refractivity contribution in [2.24, 2.45) is 0 Å². The SMILES string of the molecule is CC/C=C\C/C=C\C/C=C\C/C=C\CCCCCCC(=O)OCC(COP(=O)(O)OCC(O)COP(=O)(O)OCC(COC(=O)CCCCCC/C=C\C/C=C\C/C=C\C/C=C\CC)OC(=O)CCCCCCCCCCCCC)OC(=O)CCCCCCC/C=C\C/C=C\C/C=C\CC. The lowest BCUT2D eigenvalue weighted by Crippen LogP contribution is -2.30. The van der Waals surface area contributed by atoms with E-state index < -0.39 is 97.5 Å². The highest BCUT2D eigenvalue weighted by molar-refractivity contribution is 7.47. The molecule has 0 aliphatic rings. The zero-order chi connectivity index (χ0) is 73.2. The van der Waals surface area contributed by atoms with Gasteiger partial charge in [0.25, 0.3) is 0 Å². The van der Waals surface area contributed by atoms with E-state index in [-0.39, 0.29) is 25.7 Å². The predicted octanol–water partition coefficient (Wildman–Crippen LogP) is 22.1. The summed E-state index contributed by atoms with van der Waals surface area (Å²) in [4.78, 5) is 72.9. The highest BCUT2D eigenvalue weighted by Crippen LogP contribution is 2.45. The summed E-state index contributed by atoms with van der Waals surface area (Å²) in [6.07, 6.45) is 80.1. The van der Waals surface area contributed by atoms with Crippen LogP contribution in [0.25, 0.3) is 0 Å². The molecule has 0 rings (SSSR count). The molecule has 0 amide bonds. The second-order valence-electron chi connectivity index (χ2n) is 25.2. The fourth-order valence-corrected chi connectivity index (χ4v) is 11.4. The number of allylic oxidation sites excluding steroid dienone is 22. The van der Waals surface area contributed by atoms with Crippen molar-refractivity contribution in [2.75, 3.05) is 39.6 Å². The number of carbonyl (C=O) groups is 4. The molecule has 17 nitrogen and oxygen atoms in total. The van der Waals surface area contributed by atoms with Crippen LogP contribution in [0.2, 0.25) is 0 Å². The molecule has 0 bridgehead atoms. The third kappa shape index (κ3) is 71.6. The van der Waals surface area contributed by atoms with E-state index in [2.05, 4.69) is 161 Å². The summed E-state index contributed by atoms with van der Waals surface area (Å²) in [6, 6.07) is 0. The van der Waals surface area contributed by atoms with E-state index in [0.29, 0.717) is 25.7 Å². The molecule has 0 aromatic carbocycles. The summed E-state index contributed by atoms with van der Waals surface area (Å²) in [5, 5.41) is 10.6. The Morgan fingerprint density at radius 1 is 0.290 bits per heavy atom. The smallest absolute Gasteiger partial charge is 0.462 e. The van der Waals surface area contributed by atoms with Gasteiger partial charge < -0.3 is 33.8 Å². The first-order chi connectivity index (χ1) is 48.7. The molecule has 0 aliphatic carbocycles. The number of hydrogen-bond donors (Lipinski definition) is 3. The van der Waals surface area contributed by atoms with Gasteiger partial charge in [0.05, 0.1) is 26.4 Å². The van der Waals surface area contributed by atoms with Crippen LogP contribution in [0.3, 0.4) is 0 Å². The van der Waals surface area contributed by atoms with Crippen molar-refractivity contribution >= 4 is 39.5 Å². The predicted molar refractivity (Wildman–Crippen MR) is 408 cm³/mol. The fraction of sp³-hybridized carbons (Fsp3) is 0.679. The van der Waals surface area contributed by atoms with Gasteiger partial charge in [0.1, 0.15) is 19.3 Å².